The fraction of sp³-hybridized carbons (Fsp3) is 0.667. The maximum atomic E-state index is 11.7. The van der Waals surface area contributed by atoms with Gasteiger partial charge in [0.2, 0.25) is 0 Å². The molecule has 6 atom stereocenters. The molecule has 3 aliphatic rings. The number of fused-ring (bicyclic) bond motifs is 2. The maximum Gasteiger partial charge on any atom is 0.334 e. The molecular formula is C15H20O5. The van der Waals surface area contributed by atoms with E-state index < -0.39 is 35.8 Å². The molecular weight excluding hydrogens is 260 g/mol. The quantitative estimate of drug-likeness (QED) is 0.295. The van der Waals surface area contributed by atoms with Crippen LogP contribution in [0.2, 0.25) is 0 Å². The first-order chi connectivity index (χ1) is 9.33. The lowest BCUT2D eigenvalue weighted by molar-refractivity contribution is -0.137. The van der Waals surface area contributed by atoms with Crippen molar-refractivity contribution < 1.29 is 24.5 Å². The summed E-state index contributed by atoms with van der Waals surface area (Å²) >= 11 is 0. The molecule has 2 saturated heterocycles. The molecule has 0 spiro atoms. The molecule has 0 amide bonds. The number of ether oxygens (including phenoxy) is 2. The van der Waals surface area contributed by atoms with Crippen molar-refractivity contribution in [1.82, 2.24) is 0 Å². The van der Waals surface area contributed by atoms with Crippen LogP contribution in [-0.4, -0.2) is 46.2 Å². The Morgan fingerprint density at radius 3 is 2.85 bits per heavy atom. The molecule has 2 N–H and O–H groups in total. The van der Waals surface area contributed by atoms with E-state index in [0.717, 1.165) is 5.57 Å². The Labute approximate surface area is 117 Å². The summed E-state index contributed by atoms with van der Waals surface area (Å²) in [6.07, 6.45) is 0.642. The van der Waals surface area contributed by atoms with E-state index in [1.165, 1.54) is 0 Å². The minimum absolute atomic E-state index is 0.277. The highest BCUT2D eigenvalue weighted by Gasteiger charge is 2.60. The zero-order valence-electron chi connectivity index (χ0n) is 11.7. The van der Waals surface area contributed by atoms with Gasteiger partial charge in [0.25, 0.3) is 0 Å². The Morgan fingerprint density at radius 2 is 2.15 bits per heavy atom. The van der Waals surface area contributed by atoms with Crippen LogP contribution in [-0.2, 0) is 14.3 Å². The van der Waals surface area contributed by atoms with Crippen LogP contribution in [0, 0.1) is 5.92 Å². The van der Waals surface area contributed by atoms with Gasteiger partial charge in [-0.15, -0.1) is 0 Å². The number of aliphatic hydroxyl groups excluding tert-OH is 2. The smallest absolute Gasteiger partial charge is 0.334 e. The van der Waals surface area contributed by atoms with Gasteiger partial charge < -0.3 is 19.7 Å². The lowest BCUT2D eigenvalue weighted by Gasteiger charge is -2.24. The van der Waals surface area contributed by atoms with E-state index >= 15 is 0 Å². The van der Waals surface area contributed by atoms with Gasteiger partial charge in [0.1, 0.15) is 12.2 Å². The third kappa shape index (κ3) is 2.01. The number of hydrogen-bond acceptors (Lipinski definition) is 5. The molecule has 0 saturated carbocycles. The number of esters is 1. The van der Waals surface area contributed by atoms with Crippen LogP contribution in [0.25, 0.3) is 0 Å². The van der Waals surface area contributed by atoms with Gasteiger partial charge in [-0.25, -0.2) is 4.79 Å². The van der Waals surface area contributed by atoms with Crippen LogP contribution in [0.4, 0.5) is 0 Å². The van der Waals surface area contributed by atoms with Crippen molar-refractivity contribution in [3.63, 3.8) is 0 Å². The third-order valence-corrected chi connectivity index (χ3v) is 4.75. The summed E-state index contributed by atoms with van der Waals surface area (Å²) in [5, 5.41) is 20.6. The lowest BCUT2D eigenvalue weighted by Crippen LogP contribution is -2.36. The zero-order valence-corrected chi connectivity index (χ0v) is 11.7. The molecule has 0 aromatic heterocycles. The minimum Gasteiger partial charge on any atom is -0.454 e. The molecule has 5 nitrogen and oxygen atoms in total. The predicted octanol–water partition coefficient (Wildman–Crippen LogP) is 0.704. The number of carbonyl (C=O) groups excluding carboxylic acids is 1. The van der Waals surface area contributed by atoms with Crippen molar-refractivity contribution in [2.45, 2.75) is 56.7 Å². The van der Waals surface area contributed by atoms with Crippen molar-refractivity contribution in [2.24, 2.45) is 5.92 Å². The van der Waals surface area contributed by atoms with Crippen molar-refractivity contribution in [1.29, 1.82) is 0 Å². The van der Waals surface area contributed by atoms with E-state index in [4.69, 9.17) is 9.47 Å². The van der Waals surface area contributed by atoms with Gasteiger partial charge in [-0.1, -0.05) is 6.58 Å². The Kier molecular flexibility index (Phi) is 3.04. The normalized spacial score (nSPS) is 50.6. The number of carbonyl (C=O) groups is 1. The van der Waals surface area contributed by atoms with Gasteiger partial charge in [-0.2, -0.15) is 0 Å². The number of rotatable bonds is 0. The highest BCUT2D eigenvalue weighted by atomic mass is 16.6. The molecule has 3 rings (SSSR count). The standard InChI is InChI=1S/C15H20O5/c1-7-6-10-11(8(2)14(18)19-10)12(17)13-15(3,20-13)5-4-9(7)16/h6,9-13,16-17H,2,4-5H2,1,3H3/b7-6+/t9-,10-,11+,12+,13+,15+/m0/s1. The van der Waals surface area contributed by atoms with Crippen LogP contribution in [0.3, 0.4) is 0 Å². The van der Waals surface area contributed by atoms with Crippen molar-refractivity contribution >= 4 is 5.97 Å². The molecule has 0 bridgehead atoms. The predicted molar refractivity (Wildman–Crippen MR) is 70.8 cm³/mol. The summed E-state index contributed by atoms with van der Waals surface area (Å²) in [6.45, 7) is 7.46. The summed E-state index contributed by atoms with van der Waals surface area (Å²) in [6, 6.07) is 0. The van der Waals surface area contributed by atoms with E-state index in [9.17, 15) is 15.0 Å². The Balaban J connectivity index is 1.97. The topological polar surface area (TPSA) is 79.3 Å². The molecule has 1 aliphatic carbocycles. The van der Waals surface area contributed by atoms with E-state index in [-0.39, 0.29) is 11.7 Å². The summed E-state index contributed by atoms with van der Waals surface area (Å²) in [4.78, 5) is 11.7. The maximum absolute atomic E-state index is 11.7. The van der Waals surface area contributed by atoms with Crippen LogP contribution in [0.15, 0.2) is 23.8 Å². The summed E-state index contributed by atoms with van der Waals surface area (Å²) in [5.41, 5.74) is 0.589. The second-order valence-corrected chi connectivity index (χ2v) is 6.23. The SMILES string of the molecule is C=C1C(=O)O[C@H]2/C=C(\C)[C@@H](O)CC[C@@]3(C)O[C@@H]3[C@H](O)[C@H]12. The summed E-state index contributed by atoms with van der Waals surface area (Å²) in [7, 11) is 0. The Bertz CT molecular complexity index is 496. The van der Waals surface area contributed by atoms with Gasteiger partial charge in [0.05, 0.1) is 23.7 Å². The average molecular weight is 280 g/mol. The molecule has 5 heteroatoms. The molecule has 20 heavy (non-hydrogen) atoms. The summed E-state index contributed by atoms with van der Waals surface area (Å²) < 4.78 is 10.9. The molecule has 0 unspecified atom stereocenters. The van der Waals surface area contributed by atoms with Gasteiger partial charge >= 0.3 is 5.97 Å². The second-order valence-electron chi connectivity index (χ2n) is 6.23. The van der Waals surface area contributed by atoms with Crippen LogP contribution in [0.1, 0.15) is 26.7 Å². The fourth-order valence-corrected chi connectivity index (χ4v) is 3.24. The van der Waals surface area contributed by atoms with Crippen molar-refractivity contribution in [2.75, 3.05) is 0 Å². The highest BCUT2D eigenvalue weighted by molar-refractivity contribution is 5.91. The van der Waals surface area contributed by atoms with Crippen molar-refractivity contribution in [3.8, 4) is 0 Å². The first-order valence-corrected chi connectivity index (χ1v) is 6.95. The first kappa shape index (κ1) is 13.8. The summed E-state index contributed by atoms with van der Waals surface area (Å²) in [5.74, 6) is -0.992. The largest absolute Gasteiger partial charge is 0.454 e. The molecule has 2 heterocycles. The van der Waals surface area contributed by atoms with Crippen LogP contribution in [0.5, 0.6) is 0 Å². The number of epoxide rings is 1. The van der Waals surface area contributed by atoms with Gasteiger partial charge in [-0.3, -0.25) is 0 Å². The molecule has 0 aromatic carbocycles. The van der Waals surface area contributed by atoms with E-state index in [1.807, 2.05) is 6.92 Å². The minimum atomic E-state index is -0.816. The highest BCUT2D eigenvalue weighted by Crippen LogP contribution is 2.48. The number of hydrogen-bond donors (Lipinski definition) is 2. The van der Waals surface area contributed by atoms with E-state index in [2.05, 4.69) is 6.58 Å². The van der Waals surface area contributed by atoms with Crippen LogP contribution >= 0.6 is 0 Å². The first-order valence-electron chi connectivity index (χ1n) is 6.95. The molecule has 2 aliphatic heterocycles. The molecule has 110 valence electrons. The lowest BCUT2D eigenvalue weighted by atomic mass is 9.82. The van der Waals surface area contributed by atoms with Gasteiger partial charge in [0.15, 0.2) is 0 Å². The van der Waals surface area contributed by atoms with Gasteiger partial charge in [0, 0.05) is 5.57 Å². The van der Waals surface area contributed by atoms with E-state index in [1.54, 1.807) is 13.0 Å². The number of aliphatic hydroxyl groups is 2. The fourth-order valence-electron chi connectivity index (χ4n) is 3.24. The second kappa shape index (κ2) is 4.41. The Hall–Kier alpha value is -1.17. The third-order valence-electron chi connectivity index (χ3n) is 4.75. The molecule has 0 radical (unpaired) electrons. The molecule has 2 fully saturated rings. The van der Waals surface area contributed by atoms with Gasteiger partial charge in [-0.05, 0) is 38.3 Å². The van der Waals surface area contributed by atoms with Crippen LogP contribution < -0.4 is 0 Å². The van der Waals surface area contributed by atoms with E-state index in [0.29, 0.717) is 12.8 Å². The average Bonchev–Trinajstić information content (AvgIpc) is 2.99. The Morgan fingerprint density at radius 1 is 1.45 bits per heavy atom. The monoisotopic (exact) mass is 280 g/mol. The van der Waals surface area contributed by atoms with Crippen molar-refractivity contribution in [3.05, 3.63) is 23.8 Å². The molecule has 0 aromatic rings. The zero-order chi connectivity index (χ0) is 14.7.